The van der Waals surface area contributed by atoms with E-state index in [0.717, 1.165) is 5.56 Å². The van der Waals surface area contributed by atoms with Gasteiger partial charge in [0, 0.05) is 0 Å². The highest BCUT2D eigenvalue weighted by Crippen LogP contribution is 2.11. The Morgan fingerprint density at radius 3 is 2.26 bits per heavy atom. The lowest BCUT2D eigenvalue weighted by Crippen LogP contribution is -2.53. The smallest absolute Gasteiger partial charge is 0.325 e. The summed E-state index contributed by atoms with van der Waals surface area (Å²) in [6, 6.07) is 3.32. The van der Waals surface area contributed by atoms with Crippen LogP contribution in [0, 0.1) is 0 Å². The van der Waals surface area contributed by atoms with Crippen LogP contribution in [0.1, 0.15) is 31.7 Å². The number of rotatable bonds is 13. The van der Waals surface area contributed by atoms with E-state index in [1.807, 2.05) is 0 Å². The van der Waals surface area contributed by atoms with Crippen molar-refractivity contribution >= 4 is 23.7 Å². The van der Waals surface area contributed by atoms with Gasteiger partial charge in [-0.25, -0.2) is 0 Å². The molecule has 1 aromatic carbocycles. The van der Waals surface area contributed by atoms with Gasteiger partial charge < -0.3 is 37.6 Å². The third-order valence-corrected chi connectivity index (χ3v) is 4.48. The molecule has 0 heterocycles. The summed E-state index contributed by atoms with van der Waals surface area (Å²) >= 11 is 0. The Hall–Kier alpha value is -3.18. The van der Waals surface area contributed by atoms with Gasteiger partial charge >= 0.3 is 5.97 Å². The second kappa shape index (κ2) is 13.2. The molecule has 0 saturated carbocycles. The van der Waals surface area contributed by atoms with Crippen molar-refractivity contribution < 1.29 is 29.4 Å². The highest BCUT2D eigenvalue weighted by molar-refractivity contribution is 5.92. The number of carboxylic acid groups (broad SMARTS) is 1. The van der Waals surface area contributed by atoms with Crippen LogP contribution in [0.15, 0.2) is 24.3 Å². The minimum absolute atomic E-state index is 0.0974. The fraction of sp³-hybridized carbons (Fsp3) is 0.500. The number of phenols is 1. The molecule has 0 fully saturated rings. The summed E-state index contributed by atoms with van der Waals surface area (Å²) in [7, 11) is 0. The van der Waals surface area contributed by atoms with Crippen LogP contribution < -0.4 is 27.4 Å². The third kappa shape index (κ3) is 9.92. The fourth-order valence-electron chi connectivity index (χ4n) is 2.66. The summed E-state index contributed by atoms with van der Waals surface area (Å²) in [5, 5.41) is 25.3. The summed E-state index contributed by atoms with van der Waals surface area (Å²) < 4.78 is 0. The van der Waals surface area contributed by atoms with Crippen molar-refractivity contribution in [2.24, 2.45) is 11.5 Å². The molecule has 3 unspecified atom stereocenters. The summed E-state index contributed by atoms with van der Waals surface area (Å²) in [4.78, 5) is 47.5. The van der Waals surface area contributed by atoms with Gasteiger partial charge in [-0.3, -0.25) is 19.2 Å². The topological polar surface area (TPSA) is 197 Å². The van der Waals surface area contributed by atoms with Crippen molar-refractivity contribution in [3.05, 3.63) is 29.8 Å². The number of hydrogen-bond donors (Lipinski definition) is 7. The number of amides is 3. The van der Waals surface area contributed by atoms with Crippen LogP contribution in [0.5, 0.6) is 5.75 Å². The van der Waals surface area contributed by atoms with E-state index < -0.39 is 48.4 Å². The van der Waals surface area contributed by atoms with E-state index in [1.54, 1.807) is 12.1 Å². The number of nitrogens with one attached hydrogen (secondary N) is 3. The van der Waals surface area contributed by atoms with Gasteiger partial charge in [-0.1, -0.05) is 12.1 Å². The predicted molar refractivity (Wildman–Crippen MR) is 113 cm³/mol. The van der Waals surface area contributed by atoms with Crippen LogP contribution in [0.2, 0.25) is 0 Å². The number of carbonyl (C=O) groups is 4. The molecule has 0 aliphatic rings. The Kier molecular flexibility index (Phi) is 11.0. The molecule has 1 rings (SSSR count). The molecular weight excluding hydrogens is 406 g/mol. The zero-order chi connectivity index (χ0) is 23.4. The average Bonchev–Trinajstić information content (AvgIpc) is 2.72. The lowest BCUT2D eigenvalue weighted by molar-refractivity contribution is -0.141. The number of phenolic OH excluding ortho intramolecular Hbond substituents is 1. The summed E-state index contributed by atoms with van der Waals surface area (Å²) in [6.45, 7) is 1.30. The minimum Gasteiger partial charge on any atom is -0.508 e. The zero-order valence-electron chi connectivity index (χ0n) is 17.5. The summed E-state index contributed by atoms with van der Waals surface area (Å²) in [6.07, 6.45) is 1.73. The van der Waals surface area contributed by atoms with Crippen LogP contribution in [-0.2, 0) is 25.6 Å². The Bertz CT molecular complexity index is 755. The van der Waals surface area contributed by atoms with Crippen LogP contribution in [0.3, 0.4) is 0 Å². The van der Waals surface area contributed by atoms with Gasteiger partial charge in [0.25, 0.3) is 0 Å². The molecule has 1 aromatic rings. The van der Waals surface area contributed by atoms with E-state index in [2.05, 4.69) is 16.0 Å². The van der Waals surface area contributed by atoms with E-state index in [-0.39, 0.29) is 12.2 Å². The molecule has 0 aliphatic carbocycles. The molecule has 3 atom stereocenters. The van der Waals surface area contributed by atoms with E-state index in [9.17, 15) is 24.3 Å². The normalized spacial score (nSPS) is 13.5. The van der Waals surface area contributed by atoms with Crippen molar-refractivity contribution in [3.8, 4) is 5.75 Å². The molecule has 0 aliphatic heterocycles. The molecule has 0 saturated heterocycles. The Morgan fingerprint density at radius 1 is 1.03 bits per heavy atom. The van der Waals surface area contributed by atoms with Gasteiger partial charge in [-0.2, -0.15) is 0 Å². The van der Waals surface area contributed by atoms with Gasteiger partial charge in [-0.05, 0) is 56.8 Å². The standard InChI is InChI=1S/C20H31N5O6/c1-12(20(30)31)24-17(27)11-23-19(29)16(4-2-3-9-21)25-18(28)15(22)10-13-5-7-14(26)8-6-13/h5-8,12,15-16,26H,2-4,9-11,21-22H2,1H3,(H,23,29)(H,24,27)(H,25,28)(H,30,31). The second-order valence-electron chi connectivity index (χ2n) is 7.17. The number of nitrogens with two attached hydrogens (primary N) is 2. The van der Waals surface area contributed by atoms with Gasteiger partial charge in [0.05, 0.1) is 12.6 Å². The van der Waals surface area contributed by atoms with E-state index >= 15 is 0 Å². The van der Waals surface area contributed by atoms with Crippen molar-refractivity contribution in [1.82, 2.24) is 16.0 Å². The lowest BCUT2D eigenvalue weighted by atomic mass is 10.0. The monoisotopic (exact) mass is 437 g/mol. The number of aromatic hydroxyl groups is 1. The molecular formula is C20H31N5O6. The van der Waals surface area contributed by atoms with Gasteiger partial charge in [0.1, 0.15) is 17.8 Å². The first-order chi connectivity index (χ1) is 14.6. The maximum absolute atomic E-state index is 12.5. The van der Waals surface area contributed by atoms with Crippen LogP contribution >= 0.6 is 0 Å². The number of carboxylic acids is 1. The Labute approximate surface area is 180 Å². The van der Waals surface area contributed by atoms with Gasteiger partial charge in [0.15, 0.2) is 0 Å². The molecule has 0 spiro atoms. The van der Waals surface area contributed by atoms with Crippen molar-refractivity contribution in [1.29, 1.82) is 0 Å². The molecule has 3 amide bonds. The third-order valence-electron chi connectivity index (χ3n) is 4.48. The van der Waals surface area contributed by atoms with E-state index in [1.165, 1.54) is 19.1 Å². The molecule has 11 nitrogen and oxygen atoms in total. The quantitative estimate of drug-likeness (QED) is 0.182. The molecule has 11 heteroatoms. The van der Waals surface area contributed by atoms with Crippen molar-refractivity contribution in [2.75, 3.05) is 13.1 Å². The maximum Gasteiger partial charge on any atom is 0.325 e. The average molecular weight is 437 g/mol. The second-order valence-corrected chi connectivity index (χ2v) is 7.17. The number of carbonyl (C=O) groups excluding carboxylic acids is 3. The summed E-state index contributed by atoms with van der Waals surface area (Å²) in [5.41, 5.74) is 12.2. The van der Waals surface area contributed by atoms with Gasteiger partial charge in [-0.15, -0.1) is 0 Å². The van der Waals surface area contributed by atoms with Crippen LogP contribution in [0.4, 0.5) is 0 Å². The first-order valence-corrected chi connectivity index (χ1v) is 9.97. The highest BCUT2D eigenvalue weighted by atomic mass is 16.4. The molecule has 0 radical (unpaired) electrons. The number of aliphatic carboxylic acids is 1. The van der Waals surface area contributed by atoms with Crippen molar-refractivity contribution in [2.45, 2.75) is 50.7 Å². The lowest BCUT2D eigenvalue weighted by Gasteiger charge is -2.21. The summed E-state index contributed by atoms with van der Waals surface area (Å²) in [5.74, 6) is -2.89. The predicted octanol–water partition coefficient (Wildman–Crippen LogP) is -1.42. The molecule has 31 heavy (non-hydrogen) atoms. The number of unbranched alkanes of at least 4 members (excludes halogenated alkanes) is 1. The van der Waals surface area contributed by atoms with E-state index in [4.69, 9.17) is 16.6 Å². The molecule has 0 aromatic heterocycles. The molecule has 172 valence electrons. The largest absolute Gasteiger partial charge is 0.508 e. The highest BCUT2D eigenvalue weighted by Gasteiger charge is 2.24. The van der Waals surface area contributed by atoms with Crippen LogP contribution in [0.25, 0.3) is 0 Å². The first kappa shape index (κ1) is 25.9. The SMILES string of the molecule is CC(NC(=O)CNC(=O)C(CCCCN)NC(=O)C(N)Cc1ccc(O)cc1)C(=O)O. The molecule has 9 N–H and O–H groups in total. The first-order valence-electron chi connectivity index (χ1n) is 9.97. The Balaban J connectivity index is 2.65. The van der Waals surface area contributed by atoms with Gasteiger partial charge in [0.2, 0.25) is 17.7 Å². The number of hydrogen-bond acceptors (Lipinski definition) is 7. The number of benzene rings is 1. The van der Waals surface area contributed by atoms with Crippen molar-refractivity contribution in [3.63, 3.8) is 0 Å². The Morgan fingerprint density at radius 2 is 1.68 bits per heavy atom. The van der Waals surface area contributed by atoms with E-state index in [0.29, 0.717) is 25.8 Å². The molecule has 0 bridgehead atoms. The van der Waals surface area contributed by atoms with Crippen LogP contribution in [-0.4, -0.2) is 65.1 Å². The minimum atomic E-state index is -1.20. The zero-order valence-corrected chi connectivity index (χ0v) is 17.5. The maximum atomic E-state index is 12.5. The fourth-order valence-corrected chi connectivity index (χ4v) is 2.66.